The highest BCUT2D eigenvalue weighted by Gasteiger charge is 2.28. The van der Waals surface area contributed by atoms with Crippen LogP contribution in [0, 0.1) is 11.8 Å². The number of carbonyl (C=O) groups excluding carboxylic acids is 3. The molecule has 0 unspecified atom stereocenters. The van der Waals surface area contributed by atoms with Crippen molar-refractivity contribution in [3.05, 3.63) is 0 Å². The zero-order valence-corrected chi connectivity index (χ0v) is 17.1. The van der Waals surface area contributed by atoms with Crippen LogP contribution in [0.4, 0.5) is 0 Å². The van der Waals surface area contributed by atoms with Crippen LogP contribution in [0.1, 0.15) is 62.1 Å². The van der Waals surface area contributed by atoms with Gasteiger partial charge in [0.2, 0.25) is 11.8 Å². The third-order valence-corrected chi connectivity index (χ3v) is 4.78. The predicted octanol–water partition coefficient (Wildman–Crippen LogP) is 2.33. The largest absolute Gasteiger partial charge is 0.381 e. The third kappa shape index (κ3) is 10.4. The molecule has 0 spiro atoms. The molecule has 1 fully saturated rings. The summed E-state index contributed by atoms with van der Waals surface area (Å²) in [7, 11) is 0. The summed E-state index contributed by atoms with van der Waals surface area (Å²) in [6.07, 6.45) is 4.11. The summed E-state index contributed by atoms with van der Waals surface area (Å²) in [5, 5.41) is 5.78. The van der Waals surface area contributed by atoms with Crippen molar-refractivity contribution in [2.24, 2.45) is 11.8 Å². The summed E-state index contributed by atoms with van der Waals surface area (Å²) in [6, 6.07) is 0.165. The van der Waals surface area contributed by atoms with Gasteiger partial charge in [0.1, 0.15) is 5.78 Å². The summed E-state index contributed by atoms with van der Waals surface area (Å²) in [4.78, 5) is 35.5. The van der Waals surface area contributed by atoms with Gasteiger partial charge in [-0.2, -0.15) is 0 Å². The number of hydrogen-bond acceptors (Lipinski definition) is 5. The van der Waals surface area contributed by atoms with Crippen molar-refractivity contribution in [3.63, 3.8) is 0 Å². The number of ether oxygens (including phenoxy) is 2. The normalized spacial score (nSPS) is 19.7. The molecule has 0 bridgehead atoms. The number of ketones is 1. The van der Waals surface area contributed by atoms with Crippen LogP contribution in [0.3, 0.4) is 0 Å². The van der Waals surface area contributed by atoms with E-state index in [9.17, 15) is 14.4 Å². The van der Waals surface area contributed by atoms with Gasteiger partial charge in [0.05, 0.1) is 19.8 Å². The van der Waals surface area contributed by atoms with Gasteiger partial charge < -0.3 is 20.1 Å². The molecule has 1 aliphatic carbocycles. The van der Waals surface area contributed by atoms with Gasteiger partial charge in [-0.1, -0.05) is 13.8 Å². The SMILES string of the molecule is CCOCCC(=O)NCCOCCC(=O)NC1CCC(C(=O)C(C)C)CC1.[HH].[HH]. The average molecular weight is 389 g/mol. The summed E-state index contributed by atoms with van der Waals surface area (Å²) in [5.41, 5.74) is 0. The molecule has 0 saturated heterocycles. The minimum atomic E-state index is -0.0589. The molecule has 0 aromatic carbocycles. The van der Waals surface area contributed by atoms with E-state index in [1.54, 1.807) is 0 Å². The molecule has 0 heterocycles. The van der Waals surface area contributed by atoms with E-state index in [0.29, 0.717) is 51.6 Å². The van der Waals surface area contributed by atoms with Gasteiger partial charge in [-0.25, -0.2) is 0 Å². The molecule has 160 valence electrons. The smallest absolute Gasteiger partial charge is 0.222 e. The molecule has 1 aliphatic rings. The summed E-state index contributed by atoms with van der Waals surface area (Å²) < 4.78 is 10.5. The molecule has 0 radical (unpaired) electrons. The fourth-order valence-corrected chi connectivity index (χ4v) is 3.22. The fourth-order valence-electron chi connectivity index (χ4n) is 3.22. The Balaban J connectivity index is 0. The van der Waals surface area contributed by atoms with E-state index in [0.717, 1.165) is 25.7 Å². The van der Waals surface area contributed by atoms with Crippen molar-refractivity contribution in [3.8, 4) is 0 Å². The molecule has 1 saturated carbocycles. The molecule has 7 heteroatoms. The van der Waals surface area contributed by atoms with E-state index < -0.39 is 0 Å². The Labute approximate surface area is 165 Å². The van der Waals surface area contributed by atoms with Gasteiger partial charge in [-0.05, 0) is 32.6 Å². The van der Waals surface area contributed by atoms with E-state index in [1.165, 1.54) is 0 Å². The first-order valence-electron chi connectivity index (χ1n) is 10.2. The van der Waals surface area contributed by atoms with Crippen LogP contribution in [0.5, 0.6) is 0 Å². The Morgan fingerprint density at radius 1 is 0.963 bits per heavy atom. The second kappa shape index (κ2) is 13.7. The van der Waals surface area contributed by atoms with Crippen molar-refractivity contribution in [2.75, 3.05) is 33.0 Å². The van der Waals surface area contributed by atoms with Crippen molar-refractivity contribution < 1.29 is 26.7 Å². The van der Waals surface area contributed by atoms with Crippen LogP contribution in [0.15, 0.2) is 0 Å². The van der Waals surface area contributed by atoms with Crippen LogP contribution in [-0.2, 0) is 23.9 Å². The lowest BCUT2D eigenvalue weighted by molar-refractivity contribution is -0.127. The standard InChI is InChI=1S/C20H36N2O5.2H2/c1-4-26-12-9-18(23)21-11-14-27-13-10-19(24)22-17-7-5-16(6-8-17)20(25)15(2)3;;/h15-17H,4-14H2,1-3H3,(H,21,23)(H,22,24);2*1H. The molecule has 0 atom stereocenters. The van der Waals surface area contributed by atoms with Gasteiger partial charge in [0, 0.05) is 46.7 Å². The summed E-state index contributed by atoms with van der Waals surface area (Å²) in [5.74, 6) is 0.516. The zero-order valence-electron chi connectivity index (χ0n) is 17.1. The zero-order chi connectivity index (χ0) is 20.1. The second-order valence-electron chi connectivity index (χ2n) is 7.33. The van der Waals surface area contributed by atoms with Crippen LogP contribution in [-0.4, -0.2) is 56.6 Å². The highest BCUT2D eigenvalue weighted by atomic mass is 16.5. The first kappa shape index (κ1) is 23.6. The van der Waals surface area contributed by atoms with E-state index in [-0.39, 0.29) is 32.5 Å². The molecule has 2 N–H and O–H groups in total. The number of carbonyl (C=O) groups is 3. The molecule has 0 aliphatic heterocycles. The van der Waals surface area contributed by atoms with Gasteiger partial charge in [0.15, 0.2) is 0 Å². The van der Waals surface area contributed by atoms with Crippen LogP contribution >= 0.6 is 0 Å². The summed E-state index contributed by atoms with van der Waals surface area (Å²) >= 11 is 0. The molecule has 1 rings (SSSR count). The Kier molecular flexibility index (Phi) is 11.9. The van der Waals surface area contributed by atoms with E-state index >= 15 is 0 Å². The van der Waals surface area contributed by atoms with Gasteiger partial charge >= 0.3 is 0 Å². The molecule has 27 heavy (non-hydrogen) atoms. The van der Waals surface area contributed by atoms with Crippen molar-refractivity contribution >= 4 is 17.6 Å². The van der Waals surface area contributed by atoms with Crippen LogP contribution < -0.4 is 10.6 Å². The lowest BCUT2D eigenvalue weighted by Crippen LogP contribution is -2.39. The third-order valence-electron chi connectivity index (χ3n) is 4.78. The highest BCUT2D eigenvalue weighted by molar-refractivity contribution is 5.83. The van der Waals surface area contributed by atoms with Crippen LogP contribution in [0.25, 0.3) is 0 Å². The maximum absolute atomic E-state index is 12.0. The Hall–Kier alpha value is -1.47. The van der Waals surface area contributed by atoms with E-state index in [1.807, 2.05) is 20.8 Å². The van der Waals surface area contributed by atoms with Gasteiger partial charge in [-0.15, -0.1) is 0 Å². The summed E-state index contributed by atoms with van der Waals surface area (Å²) in [6.45, 7) is 7.97. The number of hydrogen-bond donors (Lipinski definition) is 2. The van der Waals surface area contributed by atoms with Crippen molar-refractivity contribution in [2.45, 2.75) is 65.3 Å². The Morgan fingerprint density at radius 2 is 1.59 bits per heavy atom. The average Bonchev–Trinajstić information content (AvgIpc) is 2.64. The van der Waals surface area contributed by atoms with Crippen molar-refractivity contribution in [1.82, 2.24) is 10.6 Å². The number of amides is 2. The van der Waals surface area contributed by atoms with Gasteiger partial charge in [-0.3, -0.25) is 14.4 Å². The monoisotopic (exact) mass is 388 g/mol. The molecule has 0 aromatic rings. The number of nitrogens with one attached hydrogen (secondary N) is 2. The highest BCUT2D eigenvalue weighted by Crippen LogP contribution is 2.27. The van der Waals surface area contributed by atoms with Gasteiger partial charge in [0.25, 0.3) is 0 Å². The Bertz CT molecular complexity index is 470. The second-order valence-corrected chi connectivity index (χ2v) is 7.33. The van der Waals surface area contributed by atoms with Crippen LogP contribution in [0.2, 0.25) is 0 Å². The maximum Gasteiger partial charge on any atom is 0.222 e. The first-order chi connectivity index (χ1) is 12.9. The topological polar surface area (TPSA) is 93.7 Å². The first-order valence-corrected chi connectivity index (χ1v) is 10.2. The Morgan fingerprint density at radius 3 is 2.22 bits per heavy atom. The quantitative estimate of drug-likeness (QED) is 0.472. The molecular formula is C20H40N2O5. The molecule has 7 nitrogen and oxygen atoms in total. The lowest BCUT2D eigenvalue weighted by atomic mass is 9.80. The lowest BCUT2D eigenvalue weighted by Gasteiger charge is -2.29. The molecule has 0 aromatic heterocycles. The molecular weight excluding hydrogens is 348 g/mol. The van der Waals surface area contributed by atoms with E-state index in [4.69, 9.17) is 9.47 Å². The predicted molar refractivity (Wildman–Crippen MR) is 108 cm³/mol. The minimum absolute atomic E-state index is 0. The van der Waals surface area contributed by atoms with E-state index in [2.05, 4.69) is 10.6 Å². The molecule has 2 amide bonds. The fraction of sp³-hybridized carbons (Fsp3) is 0.850. The maximum atomic E-state index is 12.0. The number of rotatable bonds is 13. The number of Topliss-reactive ketones (excluding diaryl/α,β-unsaturated/α-hetero) is 1. The minimum Gasteiger partial charge on any atom is -0.381 e. The van der Waals surface area contributed by atoms with Crippen molar-refractivity contribution in [1.29, 1.82) is 0 Å².